The number of carboxylic acids is 1. The number of benzene rings is 2. The van der Waals surface area contributed by atoms with Gasteiger partial charge in [0.25, 0.3) is 5.91 Å². The van der Waals surface area contributed by atoms with E-state index in [-0.39, 0.29) is 22.2 Å². The first kappa shape index (κ1) is 15.5. The SMILES string of the molecule is Cc1cccc(C(=O)Nc2cc(C(=O)O)ccc2Cl)c1Br. The second kappa shape index (κ2) is 6.28. The molecule has 0 saturated heterocycles. The van der Waals surface area contributed by atoms with Gasteiger partial charge in [-0.15, -0.1) is 0 Å². The second-order valence-electron chi connectivity index (χ2n) is 4.39. The highest BCUT2D eigenvalue weighted by atomic mass is 79.9. The molecule has 0 aliphatic rings. The molecule has 21 heavy (non-hydrogen) atoms. The highest BCUT2D eigenvalue weighted by Gasteiger charge is 2.14. The summed E-state index contributed by atoms with van der Waals surface area (Å²) in [6, 6.07) is 9.45. The summed E-state index contributed by atoms with van der Waals surface area (Å²) in [7, 11) is 0. The van der Waals surface area contributed by atoms with Gasteiger partial charge in [-0.2, -0.15) is 0 Å². The standard InChI is InChI=1S/C15H11BrClNO3/c1-8-3-2-4-10(13(8)16)14(19)18-12-7-9(15(20)21)5-6-11(12)17/h2-7H,1H3,(H,18,19)(H,20,21). The summed E-state index contributed by atoms with van der Waals surface area (Å²) in [5.41, 5.74) is 1.69. The van der Waals surface area contributed by atoms with Gasteiger partial charge < -0.3 is 10.4 Å². The van der Waals surface area contributed by atoms with Gasteiger partial charge in [-0.05, 0) is 52.7 Å². The third-order valence-electron chi connectivity index (χ3n) is 2.90. The first-order chi connectivity index (χ1) is 9.90. The molecule has 0 atom stereocenters. The van der Waals surface area contributed by atoms with Crippen LogP contribution in [0.5, 0.6) is 0 Å². The molecule has 0 radical (unpaired) electrons. The molecule has 0 spiro atoms. The minimum absolute atomic E-state index is 0.0537. The predicted octanol–water partition coefficient (Wildman–Crippen LogP) is 4.36. The first-order valence-corrected chi connectivity index (χ1v) is 7.16. The molecule has 0 unspecified atom stereocenters. The normalized spacial score (nSPS) is 10.2. The lowest BCUT2D eigenvalue weighted by molar-refractivity contribution is 0.0696. The van der Waals surface area contributed by atoms with E-state index in [2.05, 4.69) is 21.2 Å². The maximum atomic E-state index is 12.3. The van der Waals surface area contributed by atoms with Crippen LogP contribution in [-0.4, -0.2) is 17.0 Å². The van der Waals surface area contributed by atoms with E-state index in [0.717, 1.165) is 5.56 Å². The monoisotopic (exact) mass is 367 g/mol. The Morgan fingerprint density at radius 2 is 1.95 bits per heavy atom. The molecule has 0 heterocycles. The van der Waals surface area contributed by atoms with Crippen LogP contribution in [0.3, 0.4) is 0 Å². The van der Waals surface area contributed by atoms with Gasteiger partial charge in [0.2, 0.25) is 0 Å². The second-order valence-corrected chi connectivity index (χ2v) is 5.59. The molecule has 1 amide bonds. The van der Waals surface area contributed by atoms with Crippen molar-refractivity contribution < 1.29 is 14.7 Å². The van der Waals surface area contributed by atoms with E-state index >= 15 is 0 Å². The Bertz CT molecular complexity index is 731. The van der Waals surface area contributed by atoms with Gasteiger partial charge in [0, 0.05) is 4.47 Å². The lowest BCUT2D eigenvalue weighted by Crippen LogP contribution is -2.14. The van der Waals surface area contributed by atoms with Crippen LogP contribution >= 0.6 is 27.5 Å². The Kier molecular flexibility index (Phi) is 4.65. The van der Waals surface area contributed by atoms with Crippen LogP contribution in [0.1, 0.15) is 26.3 Å². The molecule has 0 aliphatic heterocycles. The predicted molar refractivity (Wildman–Crippen MR) is 85.2 cm³/mol. The number of hydrogen-bond donors (Lipinski definition) is 2. The number of amides is 1. The molecule has 108 valence electrons. The average Bonchev–Trinajstić information content (AvgIpc) is 2.43. The van der Waals surface area contributed by atoms with E-state index in [1.807, 2.05) is 13.0 Å². The van der Waals surface area contributed by atoms with Crippen molar-refractivity contribution in [2.24, 2.45) is 0 Å². The van der Waals surface area contributed by atoms with Crippen molar-refractivity contribution in [1.29, 1.82) is 0 Å². The number of aromatic carboxylic acids is 1. The lowest BCUT2D eigenvalue weighted by atomic mass is 10.1. The molecule has 6 heteroatoms. The Balaban J connectivity index is 2.33. The molecule has 2 rings (SSSR count). The molecule has 2 N–H and O–H groups in total. The summed E-state index contributed by atoms with van der Waals surface area (Å²) >= 11 is 9.35. The van der Waals surface area contributed by atoms with E-state index in [1.54, 1.807) is 12.1 Å². The fraction of sp³-hybridized carbons (Fsp3) is 0.0667. The first-order valence-electron chi connectivity index (χ1n) is 5.99. The van der Waals surface area contributed by atoms with Gasteiger partial charge in [0.1, 0.15) is 0 Å². The topological polar surface area (TPSA) is 66.4 Å². The highest BCUT2D eigenvalue weighted by Crippen LogP contribution is 2.26. The zero-order valence-corrected chi connectivity index (χ0v) is 13.3. The van der Waals surface area contributed by atoms with Crippen molar-refractivity contribution in [1.82, 2.24) is 0 Å². The van der Waals surface area contributed by atoms with E-state index in [9.17, 15) is 9.59 Å². The zero-order chi connectivity index (χ0) is 15.6. The Morgan fingerprint density at radius 3 is 2.62 bits per heavy atom. The van der Waals surface area contributed by atoms with Crippen molar-refractivity contribution in [2.45, 2.75) is 6.92 Å². The number of halogens is 2. The Labute approximate surface area is 134 Å². The third-order valence-corrected chi connectivity index (χ3v) is 4.28. The van der Waals surface area contributed by atoms with Crippen molar-refractivity contribution in [2.75, 3.05) is 5.32 Å². The summed E-state index contributed by atoms with van der Waals surface area (Å²) in [6.45, 7) is 1.87. The molecule has 2 aromatic carbocycles. The van der Waals surface area contributed by atoms with E-state index in [0.29, 0.717) is 10.0 Å². The summed E-state index contributed by atoms with van der Waals surface area (Å²) in [5, 5.41) is 11.9. The van der Waals surface area contributed by atoms with Gasteiger partial charge >= 0.3 is 5.97 Å². The van der Waals surface area contributed by atoms with Crippen LogP contribution in [0.15, 0.2) is 40.9 Å². The molecule has 0 aliphatic carbocycles. The fourth-order valence-electron chi connectivity index (χ4n) is 1.77. The quantitative estimate of drug-likeness (QED) is 0.846. The molecule has 0 aromatic heterocycles. The van der Waals surface area contributed by atoms with Crippen LogP contribution < -0.4 is 5.32 Å². The van der Waals surface area contributed by atoms with Crippen molar-refractivity contribution in [3.63, 3.8) is 0 Å². The maximum absolute atomic E-state index is 12.3. The van der Waals surface area contributed by atoms with Crippen LogP contribution in [0.4, 0.5) is 5.69 Å². The number of aryl methyl sites for hydroxylation is 1. The molecular formula is C15H11BrClNO3. The van der Waals surface area contributed by atoms with E-state index in [4.69, 9.17) is 16.7 Å². The van der Waals surface area contributed by atoms with Crippen LogP contribution in [0, 0.1) is 6.92 Å². The zero-order valence-electron chi connectivity index (χ0n) is 11.0. The van der Waals surface area contributed by atoms with Crippen molar-refractivity contribution in [3.8, 4) is 0 Å². The largest absolute Gasteiger partial charge is 0.478 e. The van der Waals surface area contributed by atoms with Gasteiger partial charge in [0.05, 0.1) is 21.8 Å². The van der Waals surface area contributed by atoms with Gasteiger partial charge in [-0.1, -0.05) is 23.7 Å². The minimum Gasteiger partial charge on any atom is -0.478 e. The molecule has 0 fully saturated rings. The van der Waals surface area contributed by atoms with E-state index in [1.165, 1.54) is 18.2 Å². The Morgan fingerprint density at radius 1 is 1.24 bits per heavy atom. The minimum atomic E-state index is -1.08. The maximum Gasteiger partial charge on any atom is 0.335 e. The summed E-state index contributed by atoms with van der Waals surface area (Å²) in [5.74, 6) is -1.45. The number of rotatable bonds is 3. The smallest absolute Gasteiger partial charge is 0.335 e. The van der Waals surface area contributed by atoms with Crippen LogP contribution in [-0.2, 0) is 0 Å². The number of anilines is 1. The number of carbonyl (C=O) groups excluding carboxylic acids is 1. The number of hydrogen-bond acceptors (Lipinski definition) is 2. The summed E-state index contributed by atoms with van der Waals surface area (Å²) in [4.78, 5) is 23.2. The molecule has 2 aromatic rings. The van der Waals surface area contributed by atoms with Gasteiger partial charge in [-0.25, -0.2) is 4.79 Å². The summed E-state index contributed by atoms with van der Waals surface area (Å²) < 4.78 is 0.688. The lowest BCUT2D eigenvalue weighted by Gasteiger charge is -2.10. The third kappa shape index (κ3) is 3.43. The van der Waals surface area contributed by atoms with E-state index < -0.39 is 5.97 Å². The number of carbonyl (C=O) groups is 2. The number of nitrogens with one attached hydrogen (secondary N) is 1. The van der Waals surface area contributed by atoms with Crippen LogP contribution in [0.2, 0.25) is 5.02 Å². The Hall–Kier alpha value is -1.85. The van der Waals surface area contributed by atoms with Gasteiger partial charge in [-0.3, -0.25) is 4.79 Å². The number of carboxylic acid groups (broad SMARTS) is 1. The average molecular weight is 369 g/mol. The van der Waals surface area contributed by atoms with Crippen molar-refractivity contribution in [3.05, 3.63) is 62.6 Å². The molecule has 0 saturated carbocycles. The van der Waals surface area contributed by atoms with Gasteiger partial charge in [0.15, 0.2) is 0 Å². The summed E-state index contributed by atoms with van der Waals surface area (Å²) in [6.07, 6.45) is 0. The molecule has 0 bridgehead atoms. The fourth-order valence-corrected chi connectivity index (χ4v) is 2.38. The molecule has 4 nitrogen and oxygen atoms in total. The van der Waals surface area contributed by atoms with Crippen LogP contribution in [0.25, 0.3) is 0 Å². The highest BCUT2D eigenvalue weighted by molar-refractivity contribution is 9.10. The molecular weight excluding hydrogens is 358 g/mol. The van der Waals surface area contributed by atoms with Crippen molar-refractivity contribution >= 4 is 45.1 Å².